The lowest BCUT2D eigenvalue weighted by Crippen LogP contribution is -2.41. The lowest BCUT2D eigenvalue weighted by molar-refractivity contribution is 0.297. The van der Waals surface area contributed by atoms with Crippen molar-refractivity contribution >= 4 is 0 Å². The molecule has 0 heterocycles. The van der Waals surface area contributed by atoms with Gasteiger partial charge in [-0.05, 0) is 25.7 Å². The molecule has 78 valence electrons. The standard InChI is InChI=1S/C12H25N/c1-4-10(2)11(3)13-12-8-6-5-7-9-12/h10-13H,4-9H2,1-3H3. The lowest BCUT2D eigenvalue weighted by atomic mass is 9.93. The van der Waals surface area contributed by atoms with Crippen molar-refractivity contribution in [1.29, 1.82) is 0 Å². The quantitative estimate of drug-likeness (QED) is 0.705. The normalized spacial score (nSPS) is 24.2. The fourth-order valence-corrected chi connectivity index (χ4v) is 2.16. The Kier molecular flexibility index (Phi) is 4.79. The van der Waals surface area contributed by atoms with Crippen LogP contribution in [0.25, 0.3) is 0 Å². The molecular formula is C12H25N. The zero-order valence-corrected chi connectivity index (χ0v) is 9.47. The summed E-state index contributed by atoms with van der Waals surface area (Å²) in [6.45, 7) is 6.97. The third-order valence-corrected chi connectivity index (χ3v) is 3.60. The molecule has 0 aromatic heterocycles. The Morgan fingerprint density at radius 2 is 1.77 bits per heavy atom. The predicted octanol–water partition coefficient (Wildman–Crippen LogP) is 3.34. The van der Waals surface area contributed by atoms with Gasteiger partial charge in [0.25, 0.3) is 0 Å². The molecule has 13 heavy (non-hydrogen) atoms. The summed E-state index contributed by atoms with van der Waals surface area (Å²) in [6.07, 6.45) is 8.42. The van der Waals surface area contributed by atoms with Gasteiger partial charge >= 0.3 is 0 Å². The molecule has 1 nitrogen and oxygen atoms in total. The van der Waals surface area contributed by atoms with Crippen molar-refractivity contribution in [2.75, 3.05) is 0 Å². The summed E-state index contributed by atoms with van der Waals surface area (Å²) in [5.74, 6) is 0.821. The van der Waals surface area contributed by atoms with Gasteiger partial charge in [0.2, 0.25) is 0 Å². The fourth-order valence-electron chi connectivity index (χ4n) is 2.16. The van der Waals surface area contributed by atoms with Gasteiger partial charge in [-0.3, -0.25) is 0 Å². The molecule has 0 bridgehead atoms. The molecule has 0 spiro atoms. The van der Waals surface area contributed by atoms with E-state index in [-0.39, 0.29) is 0 Å². The Labute approximate surface area is 83.3 Å². The molecule has 0 saturated heterocycles. The molecular weight excluding hydrogens is 158 g/mol. The summed E-state index contributed by atoms with van der Waals surface area (Å²) in [5.41, 5.74) is 0. The van der Waals surface area contributed by atoms with Crippen LogP contribution in [-0.2, 0) is 0 Å². The van der Waals surface area contributed by atoms with Crippen molar-refractivity contribution in [3.8, 4) is 0 Å². The molecule has 1 rings (SSSR count). The molecule has 0 amide bonds. The van der Waals surface area contributed by atoms with Gasteiger partial charge < -0.3 is 5.32 Å². The third kappa shape index (κ3) is 3.68. The van der Waals surface area contributed by atoms with Crippen molar-refractivity contribution in [2.24, 2.45) is 5.92 Å². The predicted molar refractivity (Wildman–Crippen MR) is 58.9 cm³/mol. The number of nitrogens with one attached hydrogen (secondary N) is 1. The van der Waals surface area contributed by atoms with E-state index in [0.29, 0.717) is 6.04 Å². The molecule has 1 aliphatic rings. The molecule has 0 aliphatic heterocycles. The molecule has 1 N–H and O–H groups in total. The van der Waals surface area contributed by atoms with Crippen molar-refractivity contribution in [3.05, 3.63) is 0 Å². The number of hydrogen-bond donors (Lipinski definition) is 1. The Morgan fingerprint density at radius 3 is 2.31 bits per heavy atom. The molecule has 1 saturated carbocycles. The monoisotopic (exact) mass is 183 g/mol. The van der Waals surface area contributed by atoms with Gasteiger partial charge in [-0.2, -0.15) is 0 Å². The topological polar surface area (TPSA) is 12.0 Å². The van der Waals surface area contributed by atoms with Crippen molar-refractivity contribution in [2.45, 2.75) is 71.4 Å². The summed E-state index contributed by atoms with van der Waals surface area (Å²) in [5, 5.41) is 3.77. The van der Waals surface area contributed by atoms with Gasteiger partial charge in [-0.15, -0.1) is 0 Å². The van der Waals surface area contributed by atoms with Gasteiger partial charge in [0.15, 0.2) is 0 Å². The van der Waals surface area contributed by atoms with Crippen molar-refractivity contribution < 1.29 is 0 Å². The molecule has 0 radical (unpaired) electrons. The van der Waals surface area contributed by atoms with Gasteiger partial charge in [0.05, 0.1) is 0 Å². The minimum atomic E-state index is 0.702. The maximum atomic E-state index is 3.77. The Hall–Kier alpha value is -0.0400. The summed E-state index contributed by atoms with van der Waals surface area (Å²) < 4.78 is 0. The molecule has 2 atom stereocenters. The summed E-state index contributed by atoms with van der Waals surface area (Å²) in [7, 11) is 0. The summed E-state index contributed by atoms with van der Waals surface area (Å²) in [4.78, 5) is 0. The van der Waals surface area contributed by atoms with E-state index in [1.807, 2.05) is 0 Å². The van der Waals surface area contributed by atoms with Crippen LogP contribution in [0.15, 0.2) is 0 Å². The van der Waals surface area contributed by atoms with E-state index >= 15 is 0 Å². The Morgan fingerprint density at radius 1 is 1.15 bits per heavy atom. The molecule has 2 unspecified atom stereocenters. The highest BCUT2D eigenvalue weighted by Gasteiger charge is 2.17. The van der Waals surface area contributed by atoms with Crippen molar-refractivity contribution in [1.82, 2.24) is 5.32 Å². The van der Waals surface area contributed by atoms with Crippen LogP contribution in [0.2, 0.25) is 0 Å². The van der Waals surface area contributed by atoms with E-state index in [1.54, 1.807) is 0 Å². The van der Waals surface area contributed by atoms with E-state index in [0.717, 1.165) is 12.0 Å². The van der Waals surface area contributed by atoms with Crippen LogP contribution in [0.1, 0.15) is 59.3 Å². The zero-order chi connectivity index (χ0) is 9.68. The number of hydrogen-bond acceptors (Lipinski definition) is 1. The average molecular weight is 183 g/mol. The smallest absolute Gasteiger partial charge is 0.00696 e. The maximum absolute atomic E-state index is 3.77. The Bertz CT molecular complexity index is 127. The van der Waals surface area contributed by atoms with E-state index in [9.17, 15) is 0 Å². The second-order valence-corrected chi connectivity index (χ2v) is 4.68. The first-order chi connectivity index (χ1) is 6.24. The van der Waals surface area contributed by atoms with Gasteiger partial charge in [-0.25, -0.2) is 0 Å². The van der Waals surface area contributed by atoms with Crippen LogP contribution < -0.4 is 5.32 Å². The first kappa shape index (κ1) is 11.0. The van der Waals surface area contributed by atoms with Crippen LogP contribution in [-0.4, -0.2) is 12.1 Å². The Balaban J connectivity index is 2.21. The highest BCUT2D eigenvalue weighted by atomic mass is 14.9. The van der Waals surface area contributed by atoms with E-state index in [4.69, 9.17) is 0 Å². The van der Waals surface area contributed by atoms with E-state index < -0.39 is 0 Å². The van der Waals surface area contributed by atoms with Crippen LogP contribution in [0, 0.1) is 5.92 Å². The van der Waals surface area contributed by atoms with Gasteiger partial charge in [0, 0.05) is 12.1 Å². The third-order valence-electron chi connectivity index (χ3n) is 3.60. The first-order valence-electron chi connectivity index (χ1n) is 6.00. The van der Waals surface area contributed by atoms with E-state index in [1.165, 1.54) is 38.5 Å². The first-order valence-corrected chi connectivity index (χ1v) is 6.00. The van der Waals surface area contributed by atoms with Crippen LogP contribution in [0.3, 0.4) is 0 Å². The highest BCUT2D eigenvalue weighted by Crippen LogP contribution is 2.19. The van der Waals surface area contributed by atoms with Crippen molar-refractivity contribution in [3.63, 3.8) is 0 Å². The zero-order valence-electron chi connectivity index (χ0n) is 9.47. The molecule has 0 aromatic rings. The fraction of sp³-hybridized carbons (Fsp3) is 1.00. The molecule has 1 fully saturated rings. The van der Waals surface area contributed by atoms with Gasteiger partial charge in [0.1, 0.15) is 0 Å². The summed E-state index contributed by atoms with van der Waals surface area (Å²) in [6, 6.07) is 1.52. The molecule has 0 aromatic carbocycles. The summed E-state index contributed by atoms with van der Waals surface area (Å²) >= 11 is 0. The minimum Gasteiger partial charge on any atom is -0.311 e. The molecule has 1 heteroatoms. The van der Waals surface area contributed by atoms with Crippen LogP contribution >= 0.6 is 0 Å². The second-order valence-electron chi connectivity index (χ2n) is 4.68. The molecule has 1 aliphatic carbocycles. The highest BCUT2D eigenvalue weighted by molar-refractivity contribution is 4.77. The number of rotatable bonds is 4. The van der Waals surface area contributed by atoms with Crippen LogP contribution in [0.5, 0.6) is 0 Å². The van der Waals surface area contributed by atoms with Gasteiger partial charge in [-0.1, -0.05) is 39.5 Å². The lowest BCUT2D eigenvalue weighted by Gasteiger charge is -2.29. The van der Waals surface area contributed by atoms with Crippen LogP contribution in [0.4, 0.5) is 0 Å². The minimum absolute atomic E-state index is 0.702. The second kappa shape index (κ2) is 5.64. The SMILES string of the molecule is CCC(C)C(C)NC1CCCCC1. The van der Waals surface area contributed by atoms with E-state index in [2.05, 4.69) is 26.1 Å². The maximum Gasteiger partial charge on any atom is 0.00696 e. The average Bonchev–Trinajstić information content (AvgIpc) is 2.18. The largest absolute Gasteiger partial charge is 0.311 e.